The number of hydrogen-bond acceptors (Lipinski definition) is 5. The Labute approximate surface area is 241 Å². The molecule has 0 radical (unpaired) electrons. The van der Waals surface area contributed by atoms with E-state index in [9.17, 15) is 23.1 Å². The second-order valence-corrected chi connectivity index (χ2v) is 13.5. The van der Waals surface area contributed by atoms with Crippen LogP contribution in [0.25, 0.3) is 22.2 Å². The smallest absolute Gasteiger partial charge is 0.311 e. The summed E-state index contributed by atoms with van der Waals surface area (Å²) in [7, 11) is -0.989. The molecule has 2 saturated carbocycles. The number of rotatable bonds is 10. The van der Waals surface area contributed by atoms with Crippen LogP contribution in [-0.2, 0) is 21.5 Å². The molecule has 0 atom stereocenters. The van der Waals surface area contributed by atoms with Gasteiger partial charge in [-0.3, -0.25) is 9.59 Å². The number of methoxy groups -OCH3 is 1. The van der Waals surface area contributed by atoms with Crippen molar-refractivity contribution < 1.29 is 27.9 Å². The average molecular weight is 582 g/mol. The van der Waals surface area contributed by atoms with Crippen molar-refractivity contribution in [3.8, 4) is 17.0 Å². The van der Waals surface area contributed by atoms with Crippen LogP contribution in [0.5, 0.6) is 5.75 Å². The maximum absolute atomic E-state index is 13.2. The predicted molar refractivity (Wildman–Crippen MR) is 158 cm³/mol. The maximum Gasteiger partial charge on any atom is 0.311 e. The third kappa shape index (κ3) is 5.59. The topological polar surface area (TPSA) is 118 Å². The van der Waals surface area contributed by atoms with Crippen molar-refractivity contribution in [2.24, 2.45) is 5.41 Å². The van der Waals surface area contributed by atoms with Crippen molar-refractivity contribution in [1.29, 1.82) is 0 Å². The van der Waals surface area contributed by atoms with Crippen molar-refractivity contribution in [2.75, 3.05) is 14.2 Å². The highest BCUT2D eigenvalue weighted by Gasteiger charge is 2.51. The van der Waals surface area contributed by atoms with Crippen molar-refractivity contribution in [1.82, 2.24) is 13.6 Å². The van der Waals surface area contributed by atoms with E-state index in [0.717, 1.165) is 57.9 Å². The molecule has 2 N–H and O–H groups in total. The van der Waals surface area contributed by atoms with Crippen molar-refractivity contribution in [2.45, 2.75) is 77.3 Å². The molecule has 10 heteroatoms. The first kappa shape index (κ1) is 29.1. The molecule has 5 rings (SSSR count). The van der Waals surface area contributed by atoms with Gasteiger partial charge >= 0.3 is 16.2 Å². The molecule has 2 aromatic carbocycles. The van der Waals surface area contributed by atoms with Crippen LogP contribution in [0.15, 0.2) is 42.5 Å². The molecule has 41 heavy (non-hydrogen) atoms. The third-order valence-electron chi connectivity index (χ3n) is 8.84. The zero-order valence-electron chi connectivity index (χ0n) is 24.1. The summed E-state index contributed by atoms with van der Waals surface area (Å²) in [5.74, 6) is -0.525. The molecule has 2 aliphatic rings. The van der Waals surface area contributed by atoms with E-state index in [2.05, 4.69) is 9.29 Å². The minimum absolute atomic E-state index is 0.202. The van der Waals surface area contributed by atoms with Crippen LogP contribution >= 0.6 is 0 Å². The van der Waals surface area contributed by atoms with Gasteiger partial charge in [0.1, 0.15) is 5.75 Å². The van der Waals surface area contributed by atoms with Crippen LogP contribution in [0.1, 0.15) is 80.6 Å². The molecule has 1 amide bonds. The number of ether oxygens (including phenoxy) is 1. The first-order valence-electron chi connectivity index (χ1n) is 14.3. The molecule has 0 saturated heterocycles. The normalized spacial score (nSPS) is 17.2. The van der Waals surface area contributed by atoms with Crippen LogP contribution < -0.4 is 9.46 Å². The van der Waals surface area contributed by atoms with Gasteiger partial charge in [-0.1, -0.05) is 25.3 Å². The number of fused-ring (bicyclic) bond motifs is 1. The van der Waals surface area contributed by atoms with Crippen LogP contribution in [0.4, 0.5) is 0 Å². The van der Waals surface area contributed by atoms with Crippen LogP contribution in [0.3, 0.4) is 0 Å². The minimum atomic E-state index is -4.03. The number of aliphatic carboxylic acids is 1. The zero-order chi connectivity index (χ0) is 29.5. The Hall–Kier alpha value is -3.37. The van der Waals surface area contributed by atoms with Gasteiger partial charge in [0.15, 0.2) is 0 Å². The Bertz CT molecular complexity index is 1570. The summed E-state index contributed by atoms with van der Waals surface area (Å²) in [4.78, 5) is 25.6. The Morgan fingerprint density at radius 2 is 1.76 bits per heavy atom. The highest BCUT2D eigenvalue weighted by atomic mass is 32.2. The van der Waals surface area contributed by atoms with Crippen LogP contribution in [-0.4, -0.2) is 54.5 Å². The van der Waals surface area contributed by atoms with Gasteiger partial charge in [0.25, 0.3) is 5.91 Å². The predicted octanol–water partition coefficient (Wildman–Crippen LogP) is 5.54. The Balaban J connectivity index is 1.70. The third-order valence-corrected chi connectivity index (χ3v) is 10.5. The summed E-state index contributed by atoms with van der Waals surface area (Å²) in [5.41, 5.74) is 3.17. The molecule has 0 bridgehead atoms. The van der Waals surface area contributed by atoms with Crippen molar-refractivity contribution in [3.05, 3.63) is 53.6 Å². The number of amides is 1. The molecule has 2 aliphatic carbocycles. The Morgan fingerprint density at radius 1 is 1.10 bits per heavy atom. The molecule has 1 heterocycles. The fourth-order valence-electron chi connectivity index (χ4n) is 5.97. The highest BCUT2D eigenvalue weighted by Crippen LogP contribution is 2.51. The minimum Gasteiger partial charge on any atom is -0.497 e. The lowest BCUT2D eigenvalue weighted by atomic mass is 9.81. The quantitative estimate of drug-likeness (QED) is 0.324. The molecule has 9 nitrogen and oxygen atoms in total. The zero-order valence-corrected chi connectivity index (χ0v) is 25.0. The van der Waals surface area contributed by atoms with E-state index in [0.29, 0.717) is 18.8 Å². The summed E-state index contributed by atoms with van der Waals surface area (Å²) in [6.45, 7) is 3.73. The van der Waals surface area contributed by atoms with Crippen molar-refractivity contribution in [3.63, 3.8) is 0 Å². The van der Waals surface area contributed by atoms with E-state index in [-0.39, 0.29) is 18.2 Å². The lowest BCUT2D eigenvalue weighted by Crippen LogP contribution is -2.44. The largest absolute Gasteiger partial charge is 0.497 e. The van der Waals surface area contributed by atoms with Crippen LogP contribution in [0.2, 0.25) is 0 Å². The van der Waals surface area contributed by atoms with Gasteiger partial charge in [-0.05, 0) is 93.0 Å². The lowest BCUT2D eigenvalue weighted by Gasteiger charge is -2.24. The summed E-state index contributed by atoms with van der Waals surface area (Å²) < 4.78 is 36.3. The fourth-order valence-corrected chi connectivity index (χ4v) is 7.02. The number of carbonyl (C=O) groups is 2. The highest BCUT2D eigenvalue weighted by molar-refractivity contribution is 7.87. The molecule has 2 fully saturated rings. The molecule has 0 spiro atoms. The molecule has 1 aromatic heterocycles. The van der Waals surface area contributed by atoms with E-state index in [4.69, 9.17) is 4.74 Å². The number of nitrogens with one attached hydrogen (secondary N) is 1. The molecule has 0 aliphatic heterocycles. The van der Waals surface area contributed by atoms with E-state index in [1.54, 1.807) is 33.1 Å². The number of nitrogens with zero attached hydrogens (tertiary/aromatic N) is 2. The number of aromatic nitrogens is 1. The van der Waals surface area contributed by atoms with Gasteiger partial charge in [0.05, 0.1) is 18.2 Å². The van der Waals surface area contributed by atoms with Crippen LogP contribution in [0, 0.1) is 5.41 Å². The van der Waals surface area contributed by atoms with E-state index in [1.807, 2.05) is 30.3 Å². The summed E-state index contributed by atoms with van der Waals surface area (Å²) in [6.07, 6.45) is 6.69. The fraction of sp³-hybridized carbons (Fsp3) is 0.484. The Kier molecular flexibility index (Phi) is 7.91. The van der Waals surface area contributed by atoms with E-state index < -0.39 is 27.5 Å². The van der Waals surface area contributed by atoms with Crippen molar-refractivity contribution >= 4 is 33.0 Å². The molecule has 3 aromatic rings. The number of hydrogen-bond donors (Lipinski definition) is 2. The van der Waals surface area contributed by atoms with Gasteiger partial charge < -0.3 is 14.4 Å². The SMILES string of the molecule is COc1ccc(-c2c(C3CCCCC3)c3ccc(C(=O)NS(=O)(=O)N(C)C(C)C)cc3n2CC2(C(=O)O)CC2)cc1. The summed E-state index contributed by atoms with van der Waals surface area (Å²) >= 11 is 0. The summed E-state index contributed by atoms with van der Waals surface area (Å²) in [5, 5.41) is 11.1. The molecular weight excluding hydrogens is 542 g/mol. The van der Waals surface area contributed by atoms with E-state index >= 15 is 0 Å². The lowest BCUT2D eigenvalue weighted by molar-refractivity contribution is -0.143. The molecular formula is C31H39N3O6S. The summed E-state index contributed by atoms with van der Waals surface area (Å²) in [6, 6.07) is 12.8. The second-order valence-electron chi connectivity index (χ2n) is 11.8. The number of carboxylic acid groups (broad SMARTS) is 1. The number of carboxylic acids is 1. The monoisotopic (exact) mass is 581 g/mol. The van der Waals surface area contributed by atoms with Gasteiger partial charge in [-0.2, -0.15) is 12.7 Å². The number of carbonyl (C=O) groups excluding carboxylic acids is 1. The standard InChI is InChI=1S/C31H39N3O6S/c1-20(2)33(3)41(38,39)32-29(35)23-12-15-25-26(18-23)34(19-31(16-17-31)30(36)37)28(22-10-13-24(40-4)14-11-22)27(25)21-8-6-5-7-9-21/h10-15,18,20-21H,5-9,16-17,19H2,1-4H3,(H,32,35)(H,36,37). The molecule has 0 unspecified atom stereocenters. The maximum atomic E-state index is 13.2. The first-order valence-corrected chi connectivity index (χ1v) is 15.8. The second kappa shape index (κ2) is 11.1. The van der Waals surface area contributed by atoms with Gasteiger partial charge in [0, 0.05) is 36.1 Å². The molecule has 220 valence electrons. The van der Waals surface area contributed by atoms with Gasteiger partial charge in [-0.15, -0.1) is 0 Å². The number of benzene rings is 2. The van der Waals surface area contributed by atoms with Gasteiger partial charge in [-0.25, -0.2) is 4.72 Å². The van der Waals surface area contributed by atoms with Gasteiger partial charge in [0.2, 0.25) is 0 Å². The first-order chi connectivity index (χ1) is 19.5. The average Bonchev–Trinajstić information content (AvgIpc) is 3.69. The Morgan fingerprint density at radius 3 is 2.32 bits per heavy atom. The van der Waals surface area contributed by atoms with E-state index in [1.165, 1.54) is 19.0 Å².